The average Bonchev–Trinajstić information content (AvgIpc) is 3.11. The average molecular weight is 352 g/mol. The maximum Gasteiger partial charge on any atom is 0.303 e. The van der Waals surface area contributed by atoms with E-state index >= 15 is 0 Å². The Labute approximate surface area is 143 Å². The van der Waals surface area contributed by atoms with E-state index in [9.17, 15) is 14.4 Å². The van der Waals surface area contributed by atoms with Crippen LogP contribution in [0.4, 0.5) is 0 Å². The van der Waals surface area contributed by atoms with E-state index in [1.165, 1.54) is 16.2 Å². The topological polar surface area (TPSA) is 74.7 Å². The summed E-state index contributed by atoms with van der Waals surface area (Å²) in [6.45, 7) is 0. The van der Waals surface area contributed by atoms with E-state index in [4.69, 9.17) is 5.11 Å². The molecule has 0 aliphatic carbocycles. The van der Waals surface area contributed by atoms with Crippen molar-refractivity contribution in [2.45, 2.75) is 18.9 Å². The molecule has 1 aliphatic rings. The molecular weight excluding hydrogens is 338 g/mol. The van der Waals surface area contributed by atoms with Gasteiger partial charge in [-0.3, -0.25) is 19.3 Å². The number of aliphatic carboxylic acids is 1. The van der Waals surface area contributed by atoms with Crippen LogP contribution in [0.3, 0.4) is 0 Å². The first-order chi connectivity index (χ1) is 10.6. The second kappa shape index (κ2) is 6.93. The summed E-state index contributed by atoms with van der Waals surface area (Å²) in [7, 11) is 0. The van der Waals surface area contributed by atoms with Gasteiger partial charge in [-0.05, 0) is 30.0 Å². The number of rotatable bonds is 5. The van der Waals surface area contributed by atoms with Gasteiger partial charge in [0.1, 0.15) is 0 Å². The van der Waals surface area contributed by atoms with Crippen molar-refractivity contribution in [2.75, 3.05) is 0 Å². The zero-order valence-electron chi connectivity index (χ0n) is 12.0. The first-order valence-electron chi connectivity index (χ1n) is 6.81. The highest BCUT2D eigenvalue weighted by molar-refractivity contribution is 7.10. The molecule has 0 fully saturated rings. The lowest BCUT2D eigenvalue weighted by molar-refractivity contribution is -0.137. The lowest BCUT2D eigenvalue weighted by Gasteiger charge is -2.24. The van der Waals surface area contributed by atoms with Crippen LogP contribution in [0.25, 0.3) is 0 Å². The van der Waals surface area contributed by atoms with Crippen molar-refractivity contribution in [1.29, 1.82) is 0 Å². The summed E-state index contributed by atoms with van der Waals surface area (Å²) in [5, 5.41) is 10.8. The molecule has 1 N–H and O–H groups in total. The number of fused-ring (bicyclic) bond motifs is 1. The zero-order chi connectivity index (χ0) is 15.7. The molecule has 1 atom stereocenters. The maximum atomic E-state index is 12.6. The smallest absolute Gasteiger partial charge is 0.303 e. The van der Waals surface area contributed by atoms with Gasteiger partial charge >= 0.3 is 5.97 Å². The summed E-state index contributed by atoms with van der Waals surface area (Å²) in [6, 6.07) is 9.78. The number of nitrogens with zero attached hydrogens (tertiary/aromatic N) is 1. The van der Waals surface area contributed by atoms with Crippen LogP contribution in [-0.4, -0.2) is 27.8 Å². The number of carboxylic acids is 1. The molecule has 0 radical (unpaired) electrons. The third kappa shape index (κ3) is 3.13. The summed E-state index contributed by atoms with van der Waals surface area (Å²) in [5.74, 6) is -1.66. The van der Waals surface area contributed by atoms with Gasteiger partial charge in [-0.15, -0.1) is 23.7 Å². The molecule has 1 aromatic carbocycles. The van der Waals surface area contributed by atoms with E-state index in [1.54, 1.807) is 24.3 Å². The molecule has 7 heteroatoms. The number of carboxylic acid groups (broad SMARTS) is 1. The summed E-state index contributed by atoms with van der Waals surface area (Å²) < 4.78 is 0. The Hall–Kier alpha value is -2.18. The van der Waals surface area contributed by atoms with Crippen LogP contribution >= 0.6 is 23.7 Å². The predicted octanol–water partition coefficient (Wildman–Crippen LogP) is 3.37. The number of carbonyl (C=O) groups is 3. The predicted molar refractivity (Wildman–Crippen MR) is 88.1 cm³/mol. The fraction of sp³-hybridized carbons (Fsp3) is 0.188. The fourth-order valence-corrected chi connectivity index (χ4v) is 3.48. The highest BCUT2D eigenvalue weighted by Crippen LogP contribution is 2.35. The second-order valence-corrected chi connectivity index (χ2v) is 5.97. The number of amides is 2. The lowest BCUT2D eigenvalue weighted by atomic mass is 10.1. The van der Waals surface area contributed by atoms with Gasteiger partial charge in [-0.2, -0.15) is 0 Å². The molecule has 0 saturated heterocycles. The van der Waals surface area contributed by atoms with Gasteiger partial charge in [0.15, 0.2) is 0 Å². The minimum absolute atomic E-state index is 0. The van der Waals surface area contributed by atoms with Gasteiger partial charge in [0.2, 0.25) is 0 Å². The fourth-order valence-electron chi connectivity index (χ4n) is 2.63. The minimum Gasteiger partial charge on any atom is -0.481 e. The van der Waals surface area contributed by atoms with E-state index in [0.29, 0.717) is 11.1 Å². The SMILES string of the molecule is Cl.O=C(O)CCC(c1cccs1)N1C(=O)c2ccccc2C1=O. The molecule has 1 aliphatic heterocycles. The van der Waals surface area contributed by atoms with Crippen molar-refractivity contribution >= 4 is 41.5 Å². The number of benzene rings is 1. The zero-order valence-corrected chi connectivity index (χ0v) is 13.6. The Bertz CT molecular complexity index is 709. The number of halogens is 1. The normalized spacial score (nSPS) is 14.3. The third-order valence-corrected chi connectivity index (χ3v) is 4.61. The molecule has 1 unspecified atom stereocenters. The number of thiophene rings is 1. The molecule has 3 rings (SSSR count). The Morgan fingerprint density at radius 2 is 1.70 bits per heavy atom. The molecular formula is C16H14ClNO4S. The monoisotopic (exact) mass is 351 g/mol. The molecule has 23 heavy (non-hydrogen) atoms. The van der Waals surface area contributed by atoms with Crippen molar-refractivity contribution in [2.24, 2.45) is 0 Å². The molecule has 1 aromatic heterocycles. The molecule has 2 amide bonds. The minimum atomic E-state index is -0.946. The van der Waals surface area contributed by atoms with Crippen molar-refractivity contribution < 1.29 is 19.5 Å². The van der Waals surface area contributed by atoms with Crippen molar-refractivity contribution in [1.82, 2.24) is 4.90 Å². The van der Waals surface area contributed by atoms with Gasteiger partial charge in [0.25, 0.3) is 11.8 Å². The number of carbonyl (C=O) groups excluding carboxylic acids is 2. The van der Waals surface area contributed by atoms with Crippen LogP contribution in [0, 0.1) is 0 Å². The largest absolute Gasteiger partial charge is 0.481 e. The second-order valence-electron chi connectivity index (χ2n) is 4.99. The molecule has 5 nitrogen and oxygen atoms in total. The molecule has 120 valence electrons. The Morgan fingerprint density at radius 1 is 1.09 bits per heavy atom. The van der Waals surface area contributed by atoms with Crippen LogP contribution in [0.2, 0.25) is 0 Å². The van der Waals surface area contributed by atoms with Crippen LogP contribution in [0.15, 0.2) is 41.8 Å². The molecule has 0 saturated carbocycles. The van der Waals surface area contributed by atoms with Crippen molar-refractivity contribution in [3.05, 3.63) is 57.8 Å². The Morgan fingerprint density at radius 3 is 2.17 bits per heavy atom. The van der Waals surface area contributed by atoms with Crippen molar-refractivity contribution in [3.63, 3.8) is 0 Å². The molecule has 0 spiro atoms. The quantitative estimate of drug-likeness (QED) is 0.838. The van der Waals surface area contributed by atoms with Crippen LogP contribution in [-0.2, 0) is 4.79 Å². The number of hydrogen-bond donors (Lipinski definition) is 1. The van der Waals surface area contributed by atoms with Gasteiger partial charge < -0.3 is 5.11 Å². The summed E-state index contributed by atoms with van der Waals surface area (Å²) in [6.07, 6.45) is 0.108. The summed E-state index contributed by atoms with van der Waals surface area (Å²) >= 11 is 1.41. The standard InChI is InChI=1S/C16H13NO4S.ClH/c18-14(19)8-7-12(13-6-3-9-22-13)17-15(20)10-4-1-2-5-11(10)16(17)21;/h1-6,9,12H,7-8H2,(H,18,19);1H. The summed E-state index contributed by atoms with van der Waals surface area (Å²) in [5.41, 5.74) is 0.758. The molecule has 0 bridgehead atoms. The number of hydrogen-bond acceptors (Lipinski definition) is 4. The molecule has 2 heterocycles. The highest BCUT2D eigenvalue weighted by atomic mass is 35.5. The van der Waals surface area contributed by atoms with Gasteiger partial charge in [0.05, 0.1) is 17.2 Å². The lowest BCUT2D eigenvalue weighted by Crippen LogP contribution is -2.34. The van der Waals surface area contributed by atoms with Crippen LogP contribution in [0.1, 0.15) is 44.5 Å². The van der Waals surface area contributed by atoms with Gasteiger partial charge in [-0.1, -0.05) is 18.2 Å². The highest BCUT2D eigenvalue weighted by Gasteiger charge is 2.40. The Kier molecular flexibility index (Phi) is 5.18. The Balaban J connectivity index is 0.00000192. The van der Waals surface area contributed by atoms with E-state index in [0.717, 1.165) is 4.88 Å². The van der Waals surface area contributed by atoms with Crippen molar-refractivity contribution in [3.8, 4) is 0 Å². The van der Waals surface area contributed by atoms with Gasteiger partial charge in [-0.25, -0.2) is 0 Å². The van der Waals surface area contributed by atoms with Gasteiger partial charge in [0, 0.05) is 11.3 Å². The van der Waals surface area contributed by atoms with Crippen LogP contribution in [0.5, 0.6) is 0 Å². The number of imide groups is 1. The van der Waals surface area contributed by atoms with E-state index in [-0.39, 0.29) is 37.1 Å². The molecule has 2 aromatic rings. The van der Waals surface area contributed by atoms with E-state index in [2.05, 4.69) is 0 Å². The maximum absolute atomic E-state index is 12.6. The third-order valence-electron chi connectivity index (χ3n) is 3.64. The summed E-state index contributed by atoms with van der Waals surface area (Å²) in [4.78, 5) is 38.0. The van der Waals surface area contributed by atoms with E-state index < -0.39 is 12.0 Å². The first kappa shape index (κ1) is 17.2. The van der Waals surface area contributed by atoms with Crippen LogP contribution < -0.4 is 0 Å². The van der Waals surface area contributed by atoms with E-state index in [1.807, 2.05) is 17.5 Å². The first-order valence-corrected chi connectivity index (χ1v) is 7.69.